The summed E-state index contributed by atoms with van der Waals surface area (Å²) in [5.74, 6) is 2.40. The maximum Gasteiger partial charge on any atom is 0.165 e. The van der Waals surface area contributed by atoms with Gasteiger partial charge >= 0.3 is 0 Å². The summed E-state index contributed by atoms with van der Waals surface area (Å²) in [5.41, 5.74) is 1.15. The van der Waals surface area contributed by atoms with E-state index in [1.807, 2.05) is 12.1 Å². The van der Waals surface area contributed by atoms with Crippen molar-refractivity contribution in [3.05, 3.63) is 23.8 Å². The van der Waals surface area contributed by atoms with Gasteiger partial charge in [-0.15, -0.1) is 0 Å². The Hall–Kier alpha value is -1.26. The first-order valence-electron chi connectivity index (χ1n) is 7.41. The maximum atomic E-state index is 5.45. The van der Waals surface area contributed by atoms with Crippen LogP contribution in [-0.2, 0) is 6.54 Å². The summed E-state index contributed by atoms with van der Waals surface area (Å²) in [6.07, 6.45) is 1.30. The molecule has 0 aliphatic carbocycles. The Morgan fingerprint density at radius 1 is 1.30 bits per heavy atom. The van der Waals surface area contributed by atoms with Crippen LogP contribution < -0.4 is 14.8 Å². The molecular formula is C16H26N2O2. The molecule has 4 heteroatoms. The van der Waals surface area contributed by atoms with Crippen LogP contribution in [0.4, 0.5) is 0 Å². The van der Waals surface area contributed by atoms with Crippen molar-refractivity contribution < 1.29 is 9.47 Å². The predicted octanol–water partition coefficient (Wildman–Crippen LogP) is 2.14. The number of rotatable bonds is 7. The van der Waals surface area contributed by atoms with E-state index in [2.05, 4.69) is 23.2 Å². The lowest BCUT2D eigenvalue weighted by atomic mass is 10.1. The van der Waals surface area contributed by atoms with Crippen LogP contribution in [0.5, 0.6) is 11.5 Å². The number of methoxy groups -OCH3 is 2. The molecule has 1 aliphatic heterocycles. The standard InChI is InChI=1S/C16H26N2O2/c1-4-18-9-8-13(12-18)10-17-11-14-6-5-7-15(19-2)16(14)20-3/h5-7,13,17H,4,8-12H2,1-3H3. The van der Waals surface area contributed by atoms with Crippen LogP contribution in [-0.4, -0.2) is 45.3 Å². The van der Waals surface area contributed by atoms with E-state index >= 15 is 0 Å². The number of nitrogens with zero attached hydrogens (tertiary/aromatic N) is 1. The van der Waals surface area contributed by atoms with Crippen molar-refractivity contribution in [2.45, 2.75) is 19.9 Å². The fourth-order valence-electron chi connectivity index (χ4n) is 2.87. The second-order valence-corrected chi connectivity index (χ2v) is 5.33. The van der Waals surface area contributed by atoms with E-state index in [9.17, 15) is 0 Å². The molecule has 1 fully saturated rings. The Kier molecular flexibility index (Phi) is 5.68. The maximum absolute atomic E-state index is 5.45. The van der Waals surface area contributed by atoms with Gasteiger partial charge < -0.3 is 19.7 Å². The van der Waals surface area contributed by atoms with Crippen molar-refractivity contribution in [2.75, 3.05) is 40.4 Å². The predicted molar refractivity (Wildman–Crippen MR) is 81.5 cm³/mol. The Morgan fingerprint density at radius 3 is 2.80 bits per heavy atom. The highest BCUT2D eigenvalue weighted by atomic mass is 16.5. The molecule has 0 amide bonds. The second kappa shape index (κ2) is 7.50. The lowest BCUT2D eigenvalue weighted by Gasteiger charge is -2.15. The molecule has 0 saturated carbocycles. The van der Waals surface area contributed by atoms with Gasteiger partial charge in [-0.25, -0.2) is 0 Å². The zero-order chi connectivity index (χ0) is 14.4. The molecule has 1 aliphatic rings. The summed E-state index contributed by atoms with van der Waals surface area (Å²) >= 11 is 0. The van der Waals surface area contributed by atoms with Crippen molar-refractivity contribution in [3.63, 3.8) is 0 Å². The molecule has 1 unspecified atom stereocenters. The zero-order valence-corrected chi connectivity index (χ0v) is 12.8. The largest absolute Gasteiger partial charge is 0.493 e. The van der Waals surface area contributed by atoms with Crippen LogP contribution in [0, 0.1) is 5.92 Å². The van der Waals surface area contributed by atoms with Gasteiger partial charge in [0.05, 0.1) is 14.2 Å². The first-order valence-corrected chi connectivity index (χ1v) is 7.41. The van der Waals surface area contributed by atoms with Crippen molar-refractivity contribution in [1.29, 1.82) is 0 Å². The van der Waals surface area contributed by atoms with E-state index in [0.29, 0.717) is 0 Å². The fourth-order valence-corrected chi connectivity index (χ4v) is 2.87. The van der Waals surface area contributed by atoms with Gasteiger partial charge in [0, 0.05) is 18.7 Å². The lowest BCUT2D eigenvalue weighted by Crippen LogP contribution is -2.26. The Bertz CT molecular complexity index is 423. The van der Waals surface area contributed by atoms with Gasteiger partial charge in [-0.05, 0) is 38.0 Å². The minimum atomic E-state index is 0.770. The van der Waals surface area contributed by atoms with Crippen LogP contribution in [0.2, 0.25) is 0 Å². The average Bonchev–Trinajstić information content (AvgIpc) is 2.94. The third-order valence-corrected chi connectivity index (χ3v) is 4.05. The van der Waals surface area contributed by atoms with Crippen molar-refractivity contribution in [3.8, 4) is 11.5 Å². The summed E-state index contributed by atoms with van der Waals surface area (Å²) in [7, 11) is 3.37. The normalized spacial score (nSPS) is 19.2. The molecule has 1 N–H and O–H groups in total. The number of nitrogens with one attached hydrogen (secondary N) is 1. The van der Waals surface area contributed by atoms with E-state index < -0.39 is 0 Å². The van der Waals surface area contributed by atoms with Gasteiger partial charge in [0.1, 0.15) is 0 Å². The Balaban J connectivity index is 1.85. The molecule has 112 valence electrons. The molecule has 1 saturated heterocycles. The highest BCUT2D eigenvalue weighted by molar-refractivity contribution is 5.46. The number of hydrogen-bond donors (Lipinski definition) is 1. The molecule has 0 aromatic heterocycles. The van der Waals surface area contributed by atoms with Gasteiger partial charge in [-0.1, -0.05) is 19.1 Å². The summed E-state index contributed by atoms with van der Waals surface area (Å²) in [6.45, 7) is 7.75. The first-order chi connectivity index (χ1) is 9.78. The van der Waals surface area contributed by atoms with Gasteiger partial charge in [0.15, 0.2) is 11.5 Å². The van der Waals surface area contributed by atoms with E-state index in [4.69, 9.17) is 9.47 Å². The molecule has 0 bridgehead atoms. The van der Waals surface area contributed by atoms with Gasteiger partial charge in [-0.3, -0.25) is 0 Å². The number of benzene rings is 1. The number of hydrogen-bond acceptors (Lipinski definition) is 4. The van der Waals surface area contributed by atoms with E-state index in [1.165, 1.54) is 26.1 Å². The fraction of sp³-hybridized carbons (Fsp3) is 0.625. The molecule has 2 rings (SSSR count). The molecule has 4 nitrogen and oxygen atoms in total. The third-order valence-electron chi connectivity index (χ3n) is 4.05. The molecule has 1 heterocycles. The van der Waals surface area contributed by atoms with Crippen LogP contribution >= 0.6 is 0 Å². The lowest BCUT2D eigenvalue weighted by molar-refractivity contribution is 0.337. The third kappa shape index (κ3) is 3.64. The first kappa shape index (κ1) is 15.1. The Labute approximate surface area is 122 Å². The summed E-state index contributed by atoms with van der Waals surface area (Å²) in [4.78, 5) is 2.51. The highest BCUT2D eigenvalue weighted by Gasteiger charge is 2.20. The average molecular weight is 278 g/mol. The van der Waals surface area contributed by atoms with E-state index in [-0.39, 0.29) is 0 Å². The molecule has 20 heavy (non-hydrogen) atoms. The zero-order valence-electron chi connectivity index (χ0n) is 12.8. The molecule has 1 aromatic carbocycles. The molecule has 0 radical (unpaired) electrons. The monoisotopic (exact) mass is 278 g/mol. The second-order valence-electron chi connectivity index (χ2n) is 5.33. The van der Waals surface area contributed by atoms with Crippen molar-refractivity contribution in [1.82, 2.24) is 10.2 Å². The Morgan fingerprint density at radius 2 is 2.15 bits per heavy atom. The molecular weight excluding hydrogens is 252 g/mol. The van der Waals surface area contributed by atoms with Crippen LogP contribution in [0.1, 0.15) is 18.9 Å². The van der Waals surface area contributed by atoms with Crippen LogP contribution in [0.15, 0.2) is 18.2 Å². The smallest absolute Gasteiger partial charge is 0.165 e. The molecule has 0 spiro atoms. The SMILES string of the molecule is CCN1CCC(CNCc2cccc(OC)c2OC)C1. The van der Waals surface area contributed by atoms with E-state index in [0.717, 1.165) is 36.1 Å². The molecule has 1 atom stereocenters. The van der Waals surface area contributed by atoms with Gasteiger partial charge in [-0.2, -0.15) is 0 Å². The summed E-state index contributed by atoms with van der Waals surface area (Å²) < 4.78 is 10.8. The number of ether oxygens (including phenoxy) is 2. The molecule has 1 aromatic rings. The quantitative estimate of drug-likeness (QED) is 0.828. The van der Waals surface area contributed by atoms with Crippen LogP contribution in [0.3, 0.4) is 0 Å². The number of likely N-dealkylation sites (tertiary alicyclic amines) is 1. The minimum Gasteiger partial charge on any atom is -0.493 e. The van der Waals surface area contributed by atoms with E-state index in [1.54, 1.807) is 14.2 Å². The van der Waals surface area contributed by atoms with Gasteiger partial charge in [0.25, 0.3) is 0 Å². The number of para-hydroxylation sites is 1. The van der Waals surface area contributed by atoms with Crippen molar-refractivity contribution in [2.24, 2.45) is 5.92 Å². The van der Waals surface area contributed by atoms with Crippen LogP contribution in [0.25, 0.3) is 0 Å². The van der Waals surface area contributed by atoms with Gasteiger partial charge in [0.2, 0.25) is 0 Å². The van der Waals surface area contributed by atoms with Crippen molar-refractivity contribution >= 4 is 0 Å². The minimum absolute atomic E-state index is 0.770. The summed E-state index contributed by atoms with van der Waals surface area (Å²) in [5, 5.41) is 3.55. The summed E-state index contributed by atoms with van der Waals surface area (Å²) in [6, 6.07) is 6.02. The topological polar surface area (TPSA) is 33.7 Å². The highest BCUT2D eigenvalue weighted by Crippen LogP contribution is 2.30.